The van der Waals surface area contributed by atoms with Crippen molar-refractivity contribution in [2.24, 2.45) is 0 Å². The first-order chi connectivity index (χ1) is 11.4. The van der Waals surface area contributed by atoms with Crippen LogP contribution in [0, 0.1) is 0 Å². The van der Waals surface area contributed by atoms with Crippen LogP contribution in [0.1, 0.15) is 83.1 Å². The largest absolute Gasteiger partial charge is 0.374 e. The van der Waals surface area contributed by atoms with Crippen molar-refractivity contribution in [1.82, 2.24) is 0 Å². The molecule has 0 aliphatic heterocycles. The van der Waals surface area contributed by atoms with Gasteiger partial charge in [-0.3, -0.25) is 0 Å². The highest BCUT2D eigenvalue weighted by Crippen LogP contribution is 2.16. The highest BCUT2D eigenvalue weighted by Gasteiger charge is 2.08. The summed E-state index contributed by atoms with van der Waals surface area (Å²) in [5.41, 5.74) is 1.25. The van der Waals surface area contributed by atoms with Gasteiger partial charge in [-0.2, -0.15) is 0 Å². The van der Waals surface area contributed by atoms with Crippen LogP contribution >= 0.6 is 11.6 Å². The molecule has 0 N–H and O–H groups in total. The van der Waals surface area contributed by atoms with Crippen molar-refractivity contribution in [3.05, 3.63) is 35.9 Å². The van der Waals surface area contributed by atoms with Gasteiger partial charge in [0, 0.05) is 5.88 Å². The fourth-order valence-corrected chi connectivity index (χ4v) is 3.15. The van der Waals surface area contributed by atoms with Crippen molar-refractivity contribution in [3.63, 3.8) is 0 Å². The summed E-state index contributed by atoms with van der Waals surface area (Å²) < 4.78 is 6.06. The normalized spacial score (nSPS) is 12.4. The number of hydrogen-bond donors (Lipinski definition) is 0. The molecule has 0 saturated heterocycles. The lowest BCUT2D eigenvalue weighted by atomic mass is 10.0. The van der Waals surface area contributed by atoms with Gasteiger partial charge in [-0.15, -0.1) is 11.6 Å². The second kappa shape index (κ2) is 15.0. The molecule has 1 nitrogen and oxygen atoms in total. The van der Waals surface area contributed by atoms with E-state index in [1.807, 2.05) is 6.07 Å². The molecule has 0 fully saturated rings. The molecule has 23 heavy (non-hydrogen) atoms. The lowest BCUT2D eigenvalue weighted by Gasteiger charge is -2.17. The second-order valence-corrected chi connectivity index (χ2v) is 6.89. The number of alkyl halides is 1. The van der Waals surface area contributed by atoms with Crippen LogP contribution in [0.5, 0.6) is 0 Å². The average Bonchev–Trinajstić information content (AvgIpc) is 2.59. The Hall–Kier alpha value is -0.530. The molecule has 0 aliphatic carbocycles. The van der Waals surface area contributed by atoms with Gasteiger partial charge in [0.25, 0.3) is 0 Å². The maximum Gasteiger partial charge on any atom is 0.0720 e. The van der Waals surface area contributed by atoms with Gasteiger partial charge in [0.2, 0.25) is 0 Å². The first-order valence-electron chi connectivity index (χ1n) is 9.58. The van der Waals surface area contributed by atoms with Gasteiger partial charge in [-0.05, 0) is 18.4 Å². The zero-order chi connectivity index (χ0) is 16.6. The maximum atomic E-state index is 6.06. The Bertz CT molecular complexity index is 352. The van der Waals surface area contributed by atoms with Crippen LogP contribution in [0.2, 0.25) is 0 Å². The lowest BCUT2D eigenvalue weighted by Crippen LogP contribution is -2.13. The summed E-state index contributed by atoms with van der Waals surface area (Å²) in [6, 6.07) is 10.4. The summed E-state index contributed by atoms with van der Waals surface area (Å²) in [5, 5.41) is 0. The summed E-state index contributed by atoms with van der Waals surface area (Å²) in [4.78, 5) is 0. The van der Waals surface area contributed by atoms with Crippen molar-refractivity contribution >= 4 is 11.6 Å². The van der Waals surface area contributed by atoms with Gasteiger partial charge in [0.05, 0.1) is 12.7 Å². The Morgan fingerprint density at radius 3 is 2.04 bits per heavy atom. The molecular formula is C21H35ClO. The fourth-order valence-electron chi connectivity index (χ4n) is 2.90. The average molecular weight is 339 g/mol. The van der Waals surface area contributed by atoms with Crippen molar-refractivity contribution < 1.29 is 4.74 Å². The van der Waals surface area contributed by atoms with E-state index in [-0.39, 0.29) is 0 Å². The van der Waals surface area contributed by atoms with Crippen molar-refractivity contribution in [2.45, 2.75) is 90.3 Å². The number of ether oxygens (including phenoxy) is 1. The topological polar surface area (TPSA) is 9.23 Å². The van der Waals surface area contributed by atoms with Gasteiger partial charge in [-0.1, -0.05) is 95.0 Å². The van der Waals surface area contributed by atoms with Crippen LogP contribution in [0.3, 0.4) is 0 Å². The zero-order valence-corrected chi connectivity index (χ0v) is 15.7. The minimum atomic E-state index is 0.317. The fraction of sp³-hybridized carbons (Fsp3) is 0.714. The number of hydrogen-bond acceptors (Lipinski definition) is 1. The summed E-state index contributed by atoms with van der Waals surface area (Å²) in [5.74, 6) is 0.691. The first-order valence-corrected chi connectivity index (χ1v) is 10.1. The predicted molar refractivity (Wildman–Crippen MR) is 102 cm³/mol. The van der Waals surface area contributed by atoms with E-state index in [0.29, 0.717) is 18.6 Å². The first kappa shape index (κ1) is 20.5. The van der Waals surface area contributed by atoms with E-state index in [4.69, 9.17) is 16.3 Å². The molecule has 132 valence electrons. The third kappa shape index (κ3) is 11.6. The predicted octanol–water partition coefficient (Wildman–Crippen LogP) is 7.12. The van der Waals surface area contributed by atoms with Crippen molar-refractivity contribution in [3.8, 4) is 0 Å². The highest BCUT2D eigenvalue weighted by atomic mass is 35.5. The number of rotatable bonds is 15. The molecule has 2 heteroatoms. The molecule has 0 bridgehead atoms. The third-order valence-corrected chi connectivity index (χ3v) is 4.61. The van der Waals surface area contributed by atoms with Crippen LogP contribution in [-0.2, 0) is 11.3 Å². The van der Waals surface area contributed by atoms with E-state index in [0.717, 1.165) is 12.8 Å². The van der Waals surface area contributed by atoms with E-state index in [1.165, 1.54) is 63.4 Å². The number of benzene rings is 1. The Labute approximate surface area is 148 Å². The Morgan fingerprint density at radius 1 is 0.826 bits per heavy atom. The molecule has 0 amide bonds. The summed E-state index contributed by atoms with van der Waals surface area (Å²) in [7, 11) is 0. The number of halogens is 1. The van der Waals surface area contributed by atoms with Gasteiger partial charge < -0.3 is 4.74 Å². The van der Waals surface area contributed by atoms with Crippen LogP contribution in [-0.4, -0.2) is 12.0 Å². The van der Waals surface area contributed by atoms with Crippen LogP contribution in [0.15, 0.2) is 30.3 Å². The molecule has 1 aromatic carbocycles. The van der Waals surface area contributed by atoms with Crippen LogP contribution in [0.25, 0.3) is 0 Å². The van der Waals surface area contributed by atoms with E-state index < -0.39 is 0 Å². The highest BCUT2D eigenvalue weighted by molar-refractivity contribution is 6.17. The molecule has 0 aromatic heterocycles. The molecule has 1 aromatic rings. The van der Waals surface area contributed by atoms with Crippen molar-refractivity contribution in [2.75, 3.05) is 5.88 Å². The monoisotopic (exact) mass is 338 g/mol. The standard InChI is InChI=1S/C21H35ClO/c1-2-3-4-5-6-7-8-9-13-16-21(17-18-22)23-19-20-14-11-10-12-15-20/h10-12,14-15,21H,2-9,13,16-19H2,1H3/t21-/m1/s1. The third-order valence-electron chi connectivity index (χ3n) is 4.39. The van der Waals surface area contributed by atoms with E-state index in [1.54, 1.807) is 0 Å². The molecule has 1 rings (SSSR count). The second-order valence-electron chi connectivity index (χ2n) is 6.51. The zero-order valence-electron chi connectivity index (χ0n) is 14.9. The van der Waals surface area contributed by atoms with Gasteiger partial charge >= 0.3 is 0 Å². The number of unbranched alkanes of at least 4 members (excludes halogenated alkanes) is 8. The molecule has 1 atom stereocenters. The molecular weight excluding hydrogens is 304 g/mol. The summed E-state index contributed by atoms with van der Waals surface area (Å²) in [6.07, 6.45) is 14.8. The minimum absolute atomic E-state index is 0.317. The molecule has 0 unspecified atom stereocenters. The van der Waals surface area contributed by atoms with Crippen LogP contribution < -0.4 is 0 Å². The van der Waals surface area contributed by atoms with E-state index in [9.17, 15) is 0 Å². The summed E-state index contributed by atoms with van der Waals surface area (Å²) in [6.45, 7) is 2.98. The lowest BCUT2D eigenvalue weighted by molar-refractivity contribution is 0.0315. The Kier molecular flexibility index (Phi) is 13.4. The summed E-state index contributed by atoms with van der Waals surface area (Å²) >= 11 is 5.92. The molecule has 0 spiro atoms. The quantitative estimate of drug-likeness (QED) is 0.244. The van der Waals surface area contributed by atoms with Gasteiger partial charge in [-0.25, -0.2) is 0 Å². The van der Waals surface area contributed by atoms with E-state index >= 15 is 0 Å². The maximum absolute atomic E-state index is 6.06. The Balaban J connectivity index is 2.04. The van der Waals surface area contributed by atoms with Gasteiger partial charge in [0.15, 0.2) is 0 Å². The minimum Gasteiger partial charge on any atom is -0.374 e. The Morgan fingerprint density at radius 2 is 1.43 bits per heavy atom. The molecule has 0 aliphatic rings. The molecule has 0 saturated carbocycles. The molecule has 0 heterocycles. The van der Waals surface area contributed by atoms with E-state index in [2.05, 4.69) is 31.2 Å². The van der Waals surface area contributed by atoms with Crippen molar-refractivity contribution in [1.29, 1.82) is 0 Å². The van der Waals surface area contributed by atoms with Crippen LogP contribution in [0.4, 0.5) is 0 Å². The molecule has 0 radical (unpaired) electrons. The SMILES string of the molecule is CCCCCCCCCCC[C@H](CCCl)OCc1ccccc1. The smallest absolute Gasteiger partial charge is 0.0720 e. The van der Waals surface area contributed by atoms with Gasteiger partial charge in [0.1, 0.15) is 0 Å².